The van der Waals surface area contributed by atoms with Crippen LogP contribution in [0.3, 0.4) is 0 Å². The Morgan fingerprint density at radius 2 is 1.97 bits per heavy atom. The highest BCUT2D eigenvalue weighted by Gasteiger charge is 2.24. The number of methoxy groups -OCH3 is 1. The van der Waals surface area contributed by atoms with Gasteiger partial charge in [0.25, 0.3) is 0 Å². The highest BCUT2D eigenvalue weighted by atomic mass is 16.5. The molecule has 1 aromatic carbocycles. The molecule has 9 heteroatoms. The molecule has 2 N–H and O–H groups in total. The summed E-state index contributed by atoms with van der Waals surface area (Å²) in [6.45, 7) is 5.78. The van der Waals surface area contributed by atoms with Crippen molar-refractivity contribution in [3.63, 3.8) is 0 Å². The molecule has 0 spiro atoms. The Morgan fingerprint density at radius 1 is 1.27 bits per heavy atom. The van der Waals surface area contributed by atoms with Gasteiger partial charge < -0.3 is 24.8 Å². The molecule has 0 aliphatic carbocycles. The van der Waals surface area contributed by atoms with Crippen LogP contribution in [0.4, 0.5) is 4.79 Å². The van der Waals surface area contributed by atoms with Gasteiger partial charge in [0.05, 0.1) is 13.2 Å². The van der Waals surface area contributed by atoms with Gasteiger partial charge in [0, 0.05) is 26.2 Å². The zero-order valence-electron chi connectivity index (χ0n) is 18.1. The Balaban J connectivity index is 1.68. The molecule has 1 aliphatic rings. The highest BCUT2D eigenvalue weighted by molar-refractivity contribution is 5.80. The quantitative estimate of drug-likeness (QED) is 0.576. The van der Waals surface area contributed by atoms with Crippen molar-refractivity contribution >= 4 is 12.1 Å². The number of hydrogen-bond acceptors (Lipinski definition) is 5. The van der Waals surface area contributed by atoms with Gasteiger partial charge in [-0.2, -0.15) is 0 Å². The Bertz CT molecular complexity index is 857. The Hall–Kier alpha value is -3.10. The summed E-state index contributed by atoms with van der Waals surface area (Å²) in [6, 6.07) is 10.6. The van der Waals surface area contributed by atoms with Crippen LogP contribution in [0.1, 0.15) is 43.0 Å². The minimum atomic E-state index is -0.268. The van der Waals surface area contributed by atoms with E-state index < -0.39 is 0 Å². The van der Waals surface area contributed by atoms with Gasteiger partial charge in [-0.05, 0) is 32.3 Å². The highest BCUT2D eigenvalue weighted by Crippen LogP contribution is 2.14. The molecule has 30 heavy (non-hydrogen) atoms. The second-order valence-corrected chi connectivity index (χ2v) is 7.54. The normalized spacial score (nSPS) is 16.3. The molecule has 0 radical (unpaired) electrons. The van der Waals surface area contributed by atoms with Crippen molar-refractivity contribution in [1.82, 2.24) is 30.3 Å². The van der Waals surface area contributed by atoms with Crippen LogP contribution in [0.5, 0.6) is 0 Å². The molecule has 1 saturated heterocycles. The molecule has 9 nitrogen and oxygen atoms in total. The van der Waals surface area contributed by atoms with Gasteiger partial charge in [0.2, 0.25) is 0 Å². The summed E-state index contributed by atoms with van der Waals surface area (Å²) >= 11 is 0. The zero-order valence-corrected chi connectivity index (χ0v) is 18.1. The summed E-state index contributed by atoms with van der Waals surface area (Å²) in [5, 5.41) is 15.3. The summed E-state index contributed by atoms with van der Waals surface area (Å²) < 4.78 is 6.76. The van der Waals surface area contributed by atoms with E-state index >= 15 is 0 Å². The molecule has 1 unspecified atom stereocenters. The summed E-state index contributed by atoms with van der Waals surface area (Å²) in [7, 11) is 3.36. The maximum Gasteiger partial charge on any atom is 0.409 e. The molecule has 1 aromatic heterocycles. The number of aromatic nitrogens is 3. The lowest BCUT2D eigenvalue weighted by molar-refractivity contribution is 0.111. The van der Waals surface area contributed by atoms with Crippen molar-refractivity contribution in [2.24, 2.45) is 12.0 Å². The van der Waals surface area contributed by atoms with E-state index in [0.29, 0.717) is 19.6 Å². The fourth-order valence-electron chi connectivity index (χ4n) is 3.43. The Morgan fingerprint density at radius 3 is 2.57 bits per heavy atom. The molecule has 162 valence electrons. The van der Waals surface area contributed by atoms with E-state index in [-0.39, 0.29) is 18.2 Å². The van der Waals surface area contributed by atoms with Crippen molar-refractivity contribution in [2.45, 2.75) is 45.3 Å². The first-order valence-corrected chi connectivity index (χ1v) is 10.3. The fraction of sp³-hybridized carbons (Fsp3) is 0.524. The number of aliphatic imine (C=N–C) groups is 1. The second-order valence-electron chi connectivity index (χ2n) is 7.54. The third-order valence-electron chi connectivity index (χ3n) is 5.48. The van der Waals surface area contributed by atoms with E-state index in [2.05, 4.69) is 39.9 Å². The Labute approximate surface area is 177 Å². The molecule has 2 heterocycles. The van der Waals surface area contributed by atoms with Crippen molar-refractivity contribution < 1.29 is 9.53 Å². The molecule has 1 fully saturated rings. The van der Waals surface area contributed by atoms with E-state index in [0.717, 1.165) is 30.5 Å². The van der Waals surface area contributed by atoms with Crippen LogP contribution in [0.2, 0.25) is 0 Å². The average molecular weight is 414 g/mol. The number of piperidine rings is 1. The first-order chi connectivity index (χ1) is 14.5. The number of carbonyl (C=O) groups excluding carboxylic acids is 1. The van der Waals surface area contributed by atoms with E-state index in [1.807, 2.05) is 36.7 Å². The number of rotatable bonds is 5. The van der Waals surface area contributed by atoms with Gasteiger partial charge in [-0.3, -0.25) is 0 Å². The number of amides is 1. The topological polar surface area (TPSA) is 96.7 Å². The summed E-state index contributed by atoms with van der Waals surface area (Å²) in [4.78, 5) is 18.2. The predicted octanol–water partition coefficient (Wildman–Crippen LogP) is 2.15. The standard InChI is InChI=1S/C21H31N7O2/c1-15(17-8-6-5-7-9-17)23-20(22-14-19-26-25-16(2)27(19)3)24-18-10-12-28(13-11-18)21(29)30-4/h5-9,15,18H,10-14H2,1-4H3,(H2,22,23,24). The van der Waals surface area contributed by atoms with Crippen LogP contribution < -0.4 is 10.6 Å². The van der Waals surface area contributed by atoms with Crippen molar-refractivity contribution in [1.29, 1.82) is 0 Å². The van der Waals surface area contributed by atoms with Crippen LogP contribution in [0.25, 0.3) is 0 Å². The van der Waals surface area contributed by atoms with Crippen LogP contribution in [-0.2, 0) is 18.3 Å². The summed E-state index contributed by atoms with van der Waals surface area (Å²) in [5.74, 6) is 2.39. The van der Waals surface area contributed by atoms with Crippen LogP contribution in [0, 0.1) is 6.92 Å². The molecule has 1 amide bonds. The van der Waals surface area contributed by atoms with Crippen LogP contribution in [-0.4, -0.2) is 58.0 Å². The van der Waals surface area contributed by atoms with Crippen LogP contribution >= 0.6 is 0 Å². The van der Waals surface area contributed by atoms with E-state index in [1.165, 1.54) is 12.7 Å². The van der Waals surface area contributed by atoms with Gasteiger partial charge in [-0.25, -0.2) is 9.79 Å². The maximum atomic E-state index is 11.7. The minimum absolute atomic E-state index is 0.0915. The lowest BCUT2D eigenvalue weighted by atomic mass is 10.1. The largest absolute Gasteiger partial charge is 0.453 e. The third-order valence-corrected chi connectivity index (χ3v) is 5.48. The monoisotopic (exact) mass is 413 g/mol. The fourth-order valence-corrected chi connectivity index (χ4v) is 3.43. The van der Waals surface area contributed by atoms with Gasteiger partial charge in [0.15, 0.2) is 11.8 Å². The number of hydrogen-bond donors (Lipinski definition) is 2. The minimum Gasteiger partial charge on any atom is -0.453 e. The molecule has 1 aliphatic heterocycles. The van der Waals surface area contributed by atoms with E-state index in [4.69, 9.17) is 9.73 Å². The molecular formula is C21H31N7O2. The molecular weight excluding hydrogens is 382 g/mol. The SMILES string of the molecule is COC(=O)N1CCC(NC(=NCc2nnc(C)n2C)NC(C)c2ccccc2)CC1. The summed E-state index contributed by atoms with van der Waals surface area (Å²) in [6.07, 6.45) is 1.40. The molecule has 2 aromatic rings. The molecule has 0 bridgehead atoms. The van der Waals surface area contributed by atoms with Gasteiger partial charge in [-0.1, -0.05) is 30.3 Å². The number of aryl methyl sites for hydroxylation is 1. The first kappa shape index (κ1) is 21.6. The number of ether oxygens (including phenoxy) is 1. The van der Waals surface area contributed by atoms with Crippen molar-refractivity contribution in [2.75, 3.05) is 20.2 Å². The van der Waals surface area contributed by atoms with E-state index in [9.17, 15) is 4.79 Å². The van der Waals surface area contributed by atoms with E-state index in [1.54, 1.807) is 4.90 Å². The Kier molecular flexibility index (Phi) is 7.26. The smallest absolute Gasteiger partial charge is 0.409 e. The number of carbonyl (C=O) groups is 1. The average Bonchev–Trinajstić information content (AvgIpc) is 3.10. The van der Waals surface area contributed by atoms with Crippen molar-refractivity contribution in [3.8, 4) is 0 Å². The lowest BCUT2D eigenvalue weighted by Gasteiger charge is -2.32. The number of benzene rings is 1. The summed E-state index contributed by atoms with van der Waals surface area (Å²) in [5.41, 5.74) is 1.18. The number of guanidine groups is 1. The molecule has 0 saturated carbocycles. The van der Waals surface area contributed by atoms with Gasteiger partial charge in [0.1, 0.15) is 12.4 Å². The third kappa shape index (κ3) is 5.49. The van der Waals surface area contributed by atoms with Crippen LogP contribution in [0.15, 0.2) is 35.3 Å². The van der Waals surface area contributed by atoms with Gasteiger partial charge in [-0.15, -0.1) is 10.2 Å². The first-order valence-electron chi connectivity index (χ1n) is 10.3. The number of nitrogens with zero attached hydrogens (tertiary/aromatic N) is 5. The second kappa shape index (κ2) is 10.1. The number of likely N-dealkylation sites (tertiary alicyclic amines) is 1. The van der Waals surface area contributed by atoms with Crippen molar-refractivity contribution in [3.05, 3.63) is 47.5 Å². The lowest BCUT2D eigenvalue weighted by Crippen LogP contribution is -2.50. The van der Waals surface area contributed by atoms with Gasteiger partial charge >= 0.3 is 6.09 Å². The molecule has 1 atom stereocenters. The number of nitrogens with one attached hydrogen (secondary N) is 2. The molecule has 3 rings (SSSR count). The zero-order chi connectivity index (χ0) is 21.5. The maximum absolute atomic E-state index is 11.7. The predicted molar refractivity (Wildman–Crippen MR) is 115 cm³/mol.